The fourth-order valence-corrected chi connectivity index (χ4v) is 1.91. The zero-order valence-corrected chi connectivity index (χ0v) is 14.2. The van der Waals surface area contributed by atoms with Gasteiger partial charge >= 0.3 is 29.6 Å². The molecule has 1 aromatic rings. The third kappa shape index (κ3) is 7.68. The van der Waals surface area contributed by atoms with Gasteiger partial charge in [-0.15, -0.1) is 0 Å². The molecule has 4 nitrogen and oxygen atoms in total. The van der Waals surface area contributed by atoms with Crippen LogP contribution in [0.1, 0.15) is 31.7 Å². The summed E-state index contributed by atoms with van der Waals surface area (Å²) in [6, 6.07) is 9.73. The predicted octanol–water partition coefficient (Wildman–Crippen LogP) is -2.09. The van der Waals surface area contributed by atoms with E-state index in [1.165, 1.54) is 0 Å². The maximum Gasteiger partial charge on any atom is 1.00 e. The Balaban J connectivity index is 0.00000361. The Morgan fingerprint density at radius 1 is 1.25 bits per heavy atom. The number of benzene rings is 1. The van der Waals surface area contributed by atoms with Crippen LogP contribution < -0.4 is 40.0 Å². The second-order valence-corrected chi connectivity index (χ2v) is 4.59. The van der Waals surface area contributed by atoms with Crippen molar-refractivity contribution in [1.82, 2.24) is 5.32 Å². The minimum atomic E-state index is -1.18. The zero-order valence-electron chi connectivity index (χ0n) is 12.2. The van der Waals surface area contributed by atoms with Crippen molar-refractivity contribution in [3.8, 4) is 0 Å². The van der Waals surface area contributed by atoms with Gasteiger partial charge in [0.05, 0.1) is 0 Å². The van der Waals surface area contributed by atoms with Gasteiger partial charge in [-0.25, -0.2) is 0 Å². The van der Waals surface area contributed by atoms with Crippen LogP contribution in [-0.4, -0.2) is 18.4 Å². The largest absolute Gasteiger partial charge is 1.00 e. The summed E-state index contributed by atoms with van der Waals surface area (Å²) >= 11 is 0. The van der Waals surface area contributed by atoms with Gasteiger partial charge < -0.3 is 15.2 Å². The van der Waals surface area contributed by atoms with Crippen LogP contribution in [0.25, 0.3) is 0 Å². The molecule has 0 aliphatic rings. The summed E-state index contributed by atoms with van der Waals surface area (Å²) in [6.07, 6.45) is 1.83. The fraction of sp³-hybridized carbons (Fsp3) is 0.467. The summed E-state index contributed by atoms with van der Waals surface area (Å²) < 4.78 is 0. The number of hydrogen-bond acceptors (Lipinski definition) is 3. The van der Waals surface area contributed by atoms with E-state index < -0.39 is 11.9 Å². The number of carboxylic acids is 1. The molecule has 0 heterocycles. The van der Waals surface area contributed by atoms with Crippen LogP contribution in [0.4, 0.5) is 0 Å². The fourth-order valence-electron chi connectivity index (χ4n) is 1.91. The van der Waals surface area contributed by atoms with E-state index in [0.29, 0.717) is 19.4 Å². The smallest absolute Gasteiger partial charge is 0.550 e. The van der Waals surface area contributed by atoms with E-state index >= 15 is 0 Å². The molecule has 0 saturated carbocycles. The molecule has 0 bridgehead atoms. The Hall–Kier alpha value is -0.840. The summed E-state index contributed by atoms with van der Waals surface area (Å²) in [5.41, 5.74) is 1.11. The van der Waals surface area contributed by atoms with E-state index in [1.807, 2.05) is 37.3 Å². The topological polar surface area (TPSA) is 69.2 Å². The van der Waals surface area contributed by atoms with Crippen molar-refractivity contribution < 1.29 is 44.3 Å². The molecule has 104 valence electrons. The van der Waals surface area contributed by atoms with Crippen molar-refractivity contribution in [3.05, 3.63) is 35.9 Å². The summed E-state index contributed by atoms with van der Waals surface area (Å²) in [4.78, 5) is 22.6. The molecule has 0 fully saturated rings. The van der Waals surface area contributed by atoms with Gasteiger partial charge in [-0.1, -0.05) is 37.3 Å². The molecule has 0 aliphatic heterocycles. The van der Waals surface area contributed by atoms with Crippen LogP contribution in [0, 0.1) is 5.92 Å². The maximum absolute atomic E-state index is 11.9. The third-order valence-electron chi connectivity index (χ3n) is 2.96. The average Bonchev–Trinajstić information content (AvgIpc) is 2.41. The third-order valence-corrected chi connectivity index (χ3v) is 2.96. The number of hydrogen-bond donors (Lipinski definition) is 1. The van der Waals surface area contributed by atoms with Gasteiger partial charge in [0.1, 0.15) is 0 Å². The van der Waals surface area contributed by atoms with Crippen molar-refractivity contribution in [3.63, 3.8) is 0 Å². The first-order valence-electron chi connectivity index (χ1n) is 6.65. The summed E-state index contributed by atoms with van der Waals surface area (Å²) in [7, 11) is 0. The number of nitrogens with one attached hydrogen (secondary N) is 1. The quantitative estimate of drug-likeness (QED) is 0.557. The Kier molecular flexibility index (Phi) is 10.4. The van der Waals surface area contributed by atoms with Crippen molar-refractivity contribution in [2.45, 2.75) is 32.6 Å². The number of carbonyl (C=O) groups is 2. The number of carbonyl (C=O) groups excluding carboxylic acids is 2. The van der Waals surface area contributed by atoms with Gasteiger partial charge in [0.2, 0.25) is 5.91 Å². The molecule has 0 saturated heterocycles. The molecule has 0 spiro atoms. The first-order chi connectivity index (χ1) is 9.13. The molecule has 0 aromatic heterocycles. The molecule has 1 unspecified atom stereocenters. The SMILES string of the molecule is CCCNC(=O)C(CCc1ccccc1)CC(=O)[O-].[Na+]. The van der Waals surface area contributed by atoms with Crippen LogP contribution in [0.2, 0.25) is 0 Å². The molecule has 20 heavy (non-hydrogen) atoms. The molecule has 1 rings (SSSR count). The molecular formula is C15H20NNaO3. The minimum Gasteiger partial charge on any atom is -0.550 e. The van der Waals surface area contributed by atoms with Crippen LogP contribution >= 0.6 is 0 Å². The van der Waals surface area contributed by atoms with Gasteiger partial charge in [-0.2, -0.15) is 0 Å². The van der Waals surface area contributed by atoms with Crippen LogP contribution in [-0.2, 0) is 16.0 Å². The average molecular weight is 285 g/mol. The van der Waals surface area contributed by atoms with Crippen molar-refractivity contribution in [2.75, 3.05) is 6.54 Å². The summed E-state index contributed by atoms with van der Waals surface area (Å²) in [5, 5.41) is 13.5. The van der Waals surface area contributed by atoms with Crippen LogP contribution in [0.5, 0.6) is 0 Å². The molecule has 0 radical (unpaired) electrons. The van der Waals surface area contributed by atoms with E-state index in [9.17, 15) is 14.7 Å². The second-order valence-electron chi connectivity index (χ2n) is 4.59. The summed E-state index contributed by atoms with van der Waals surface area (Å²) in [6.45, 7) is 2.53. The van der Waals surface area contributed by atoms with Gasteiger partial charge in [-0.3, -0.25) is 4.79 Å². The standard InChI is InChI=1S/C15H21NO3.Na/c1-2-10-16-15(19)13(11-14(17)18)9-8-12-6-4-3-5-7-12;/h3-7,13H,2,8-11H2,1H3,(H,16,19)(H,17,18);/q;+1/p-1. The second kappa shape index (κ2) is 10.9. The van der Waals surface area contributed by atoms with E-state index in [0.717, 1.165) is 12.0 Å². The van der Waals surface area contributed by atoms with E-state index in [-0.39, 0.29) is 41.9 Å². The number of carboxylic acid groups (broad SMARTS) is 1. The molecule has 0 aliphatic carbocycles. The number of aliphatic carboxylic acids is 1. The Morgan fingerprint density at radius 3 is 2.45 bits per heavy atom. The van der Waals surface area contributed by atoms with Crippen LogP contribution in [0.15, 0.2) is 30.3 Å². The normalized spacial score (nSPS) is 11.2. The molecule has 1 N–H and O–H groups in total. The monoisotopic (exact) mass is 285 g/mol. The minimum absolute atomic E-state index is 0. The Morgan fingerprint density at radius 2 is 1.90 bits per heavy atom. The molecular weight excluding hydrogens is 265 g/mol. The predicted molar refractivity (Wildman–Crippen MR) is 71.2 cm³/mol. The van der Waals surface area contributed by atoms with Gasteiger partial charge in [0, 0.05) is 18.4 Å². The Labute approximate surface area is 142 Å². The van der Waals surface area contributed by atoms with Crippen LogP contribution in [0.3, 0.4) is 0 Å². The molecule has 1 aromatic carbocycles. The molecule has 1 atom stereocenters. The number of amides is 1. The summed E-state index contributed by atoms with van der Waals surface area (Å²) in [5.74, 6) is -1.89. The van der Waals surface area contributed by atoms with Gasteiger partial charge in [-0.05, 0) is 31.2 Å². The van der Waals surface area contributed by atoms with Crippen molar-refractivity contribution in [2.24, 2.45) is 5.92 Å². The molecule has 1 amide bonds. The van der Waals surface area contributed by atoms with E-state index in [1.54, 1.807) is 0 Å². The van der Waals surface area contributed by atoms with Crippen molar-refractivity contribution >= 4 is 11.9 Å². The zero-order chi connectivity index (χ0) is 14.1. The van der Waals surface area contributed by atoms with Crippen molar-refractivity contribution in [1.29, 1.82) is 0 Å². The first-order valence-corrected chi connectivity index (χ1v) is 6.65. The number of rotatable bonds is 8. The Bertz CT molecular complexity index is 409. The maximum atomic E-state index is 11.9. The van der Waals surface area contributed by atoms with E-state index in [4.69, 9.17) is 0 Å². The van der Waals surface area contributed by atoms with Gasteiger partial charge in [0.25, 0.3) is 0 Å². The molecule has 5 heteroatoms. The van der Waals surface area contributed by atoms with E-state index in [2.05, 4.69) is 5.32 Å². The first kappa shape index (κ1) is 19.2. The number of aryl methyl sites for hydroxylation is 1. The van der Waals surface area contributed by atoms with Gasteiger partial charge in [0.15, 0.2) is 0 Å².